The predicted octanol–water partition coefficient (Wildman–Crippen LogP) is 5.88. The molecule has 3 saturated carbocycles. The second kappa shape index (κ2) is 8.54. The molecule has 5 rings (SSSR count). The van der Waals surface area contributed by atoms with Crippen molar-refractivity contribution in [2.45, 2.75) is 58.4 Å². The van der Waals surface area contributed by atoms with Gasteiger partial charge in [0.15, 0.2) is 0 Å². The Bertz CT molecular complexity index is 960. The van der Waals surface area contributed by atoms with E-state index in [4.69, 9.17) is 5.11 Å². The summed E-state index contributed by atoms with van der Waals surface area (Å²) in [7, 11) is 0. The highest BCUT2D eigenvalue weighted by molar-refractivity contribution is 7.17. The van der Waals surface area contributed by atoms with Crippen molar-refractivity contribution < 1.29 is 14.7 Å². The summed E-state index contributed by atoms with van der Waals surface area (Å²) in [5.41, 5.74) is 1.13. The second-order valence-corrected chi connectivity index (χ2v) is 10.4. The molecule has 1 amide bonds. The molecular formula is C25H31NO3S. The molecule has 30 heavy (non-hydrogen) atoms. The van der Waals surface area contributed by atoms with Crippen LogP contribution >= 0.6 is 11.3 Å². The third-order valence-electron chi connectivity index (χ3n) is 7.50. The van der Waals surface area contributed by atoms with Crippen molar-refractivity contribution in [1.82, 2.24) is 5.32 Å². The van der Waals surface area contributed by atoms with Gasteiger partial charge in [0.2, 0.25) is 0 Å². The molecule has 0 radical (unpaired) electrons. The summed E-state index contributed by atoms with van der Waals surface area (Å²) >= 11 is 1.62. The molecule has 0 unspecified atom stereocenters. The van der Waals surface area contributed by atoms with Crippen molar-refractivity contribution in [3.8, 4) is 0 Å². The van der Waals surface area contributed by atoms with E-state index in [-0.39, 0.29) is 18.4 Å². The number of aliphatic carboxylic acids is 1. The van der Waals surface area contributed by atoms with Crippen LogP contribution in [-0.2, 0) is 4.79 Å². The summed E-state index contributed by atoms with van der Waals surface area (Å²) in [6.45, 7) is 4.75. The van der Waals surface area contributed by atoms with Gasteiger partial charge in [-0.05, 0) is 61.3 Å². The van der Waals surface area contributed by atoms with E-state index in [0.717, 1.165) is 34.9 Å². The minimum Gasteiger partial charge on any atom is -0.481 e. The summed E-state index contributed by atoms with van der Waals surface area (Å²) in [4.78, 5) is 23.8. The third-order valence-corrected chi connectivity index (χ3v) is 8.46. The highest BCUT2D eigenvalue weighted by atomic mass is 32.1. The molecule has 3 aliphatic rings. The number of carboxylic acids is 1. The number of nitrogens with one attached hydrogen (secondary N) is 1. The first-order chi connectivity index (χ1) is 14.4. The summed E-state index contributed by atoms with van der Waals surface area (Å²) < 4.78 is 1.15. The molecule has 1 aromatic carbocycles. The standard InChI is InChI=1S/C25H31NO3S/c1-25(2)16-13-20(25)18(10-5-3-4-6-12-23(27)28)21(14-16)26-24(29)19-15-30-22-11-8-7-9-17(19)22/h3,5,7-9,11,15-16,18,20-21H,4,6,10,12-14H2,1-2H3,(H,26,29)(H,27,28)/t16-,18-,20+,21+/m1/s1. The average Bonchev–Trinajstić information content (AvgIpc) is 3.15. The van der Waals surface area contributed by atoms with E-state index in [9.17, 15) is 9.59 Å². The van der Waals surface area contributed by atoms with E-state index >= 15 is 0 Å². The van der Waals surface area contributed by atoms with Gasteiger partial charge in [-0.1, -0.05) is 44.2 Å². The molecular weight excluding hydrogens is 394 g/mol. The zero-order valence-corrected chi connectivity index (χ0v) is 18.6. The molecule has 4 nitrogen and oxygen atoms in total. The fraction of sp³-hybridized carbons (Fsp3) is 0.520. The van der Waals surface area contributed by atoms with Crippen molar-refractivity contribution in [3.63, 3.8) is 0 Å². The number of carbonyl (C=O) groups excluding carboxylic acids is 1. The van der Waals surface area contributed by atoms with Crippen LogP contribution in [0.1, 0.15) is 62.7 Å². The number of hydrogen-bond acceptors (Lipinski definition) is 3. The van der Waals surface area contributed by atoms with E-state index in [1.54, 1.807) is 11.3 Å². The normalized spacial score (nSPS) is 27.1. The fourth-order valence-corrected chi connectivity index (χ4v) is 6.52. The Kier molecular flexibility index (Phi) is 6.01. The smallest absolute Gasteiger partial charge is 0.303 e. The molecule has 1 heterocycles. The van der Waals surface area contributed by atoms with Gasteiger partial charge in [-0.2, -0.15) is 0 Å². The predicted molar refractivity (Wildman–Crippen MR) is 122 cm³/mol. The maximum Gasteiger partial charge on any atom is 0.303 e. The molecule has 2 aromatic rings. The molecule has 0 saturated heterocycles. The number of allylic oxidation sites excluding steroid dienone is 2. The summed E-state index contributed by atoms with van der Waals surface area (Å²) in [5.74, 6) is 1.07. The third kappa shape index (κ3) is 4.04. The van der Waals surface area contributed by atoms with Gasteiger partial charge in [-0.15, -0.1) is 11.3 Å². The van der Waals surface area contributed by atoms with Crippen molar-refractivity contribution >= 4 is 33.3 Å². The Hall–Kier alpha value is -2.14. The van der Waals surface area contributed by atoms with Crippen LogP contribution in [0.2, 0.25) is 0 Å². The van der Waals surface area contributed by atoms with Gasteiger partial charge < -0.3 is 10.4 Å². The van der Waals surface area contributed by atoms with Crippen molar-refractivity contribution in [3.05, 3.63) is 47.4 Å². The monoisotopic (exact) mass is 425 g/mol. The van der Waals surface area contributed by atoms with Gasteiger partial charge in [-0.3, -0.25) is 9.59 Å². The lowest BCUT2D eigenvalue weighted by molar-refractivity contribution is -0.137. The molecule has 1 aromatic heterocycles. The molecule has 0 aliphatic heterocycles. The van der Waals surface area contributed by atoms with E-state index in [1.165, 1.54) is 6.42 Å². The summed E-state index contributed by atoms with van der Waals surface area (Å²) in [6, 6.07) is 8.29. The fourth-order valence-electron chi connectivity index (χ4n) is 5.58. The zero-order chi connectivity index (χ0) is 21.3. The number of amides is 1. The Morgan fingerprint density at radius 3 is 2.80 bits per heavy atom. The van der Waals surface area contributed by atoms with E-state index in [1.807, 2.05) is 23.6 Å². The first kappa shape index (κ1) is 21.1. The summed E-state index contributed by atoms with van der Waals surface area (Å²) in [5, 5.41) is 15.2. The highest BCUT2D eigenvalue weighted by Crippen LogP contribution is 2.62. The minimum absolute atomic E-state index is 0.0481. The largest absolute Gasteiger partial charge is 0.481 e. The van der Waals surface area contributed by atoms with E-state index in [2.05, 4.69) is 37.4 Å². The zero-order valence-electron chi connectivity index (χ0n) is 17.8. The average molecular weight is 426 g/mol. The van der Waals surface area contributed by atoms with Gasteiger partial charge in [0.05, 0.1) is 5.56 Å². The van der Waals surface area contributed by atoms with Gasteiger partial charge in [0.25, 0.3) is 5.91 Å². The van der Waals surface area contributed by atoms with Gasteiger partial charge in [-0.25, -0.2) is 0 Å². The number of carboxylic acid groups (broad SMARTS) is 1. The Balaban J connectivity index is 1.43. The maximum absolute atomic E-state index is 13.1. The van der Waals surface area contributed by atoms with Crippen LogP contribution < -0.4 is 5.32 Å². The van der Waals surface area contributed by atoms with Gasteiger partial charge >= 0.3 is 5.97 Å². The maximum atomic E-state index is 13.1. The number of benzene rings is 1. The lowest BCUT2D eigenvalue weighted by atomic mass is 9.44. The van der Waals surface area contributed by atoms with Crippen LogP contribution in [0.15, 0.2) is 41.8 Å². The molecule has 3 aliphatic carbocycles. The van der Waals surface area contributed by atoms with E-state index in [0.29, 0.717) is 29.6 Å². The molecule has 2 bridgehead atoms. The number of unbranched alkanes of at least 4 members (excludes halogenated alkanes) is 1. The molecule has 3 fully saturated rings. The van der Waals surface area contributed by atoms with Crippen LogP contribution in [-0.4, -0.2) is 23.0 Å². The summed E-state index contributed by atoms with van der Waals surface area (Å²) in [6.07, 6.45) is 9.29. The van der Waals surface area contributed by atoms with Crippen LogP contribution in [0.3, 0.4) is 0 Å². The van der Waals surface area contributed by atoms with E-state index < -0.39 is 5.97 Å². The quantitative estimate of drug-likeness (QED) is 0.410. The Morgan fingerprint density at radius 2 is 2.03 bits per heavy atom. The number of thiophene rings is 1. The molecule has 5 heteroatoms. The van der Waals surface area contributed by atoms with Crippen molar-refractivity contribution in [1.29, 1.82) is 0 Å². The Labute approximate surface area is 182 Å². The van der Waals surface area contributed by atoms with Crippen LogP contribution in [0, 0.1) is 23.2 Å². The topological polar surface area (TPSA) is 66.4 Å². The van der Waals surface area contributed by atoms with Crippen molar-refractivity contribution in [2.75, 3.05) is 0 Å². The number of hydrogen-bond donors (Lipinski definition) is 2. The molecule has 160 valence electrons. The number of carbonyl (C=O) groups is 2. The molecule has 2 N–H and O–H groups in total. The van der Waals surface area contributed by atoms with Crippen LogP contribution in [0.4, 0.5) is 0 Å². The van der Waals surface area contributed by atoms with Gasteiger partial charge in [0.1, 0.15) is 0 Å². The highest BCUT2D eigenvalue weighted by Gasteiger charge is 2.57. The SMILES string of the molecule is CC1(C)[C@H]2C[C@H](NC(=O)c3csc4ccccc34)[C@H](CC=CCCCC(=O)O)[C@@H]1C2. The second-order valence-electron chi connectivity index (χ2n) is 9.48. The first-order valence-corrected chi connectivity index (χ1v) is 11.9. The van der Waals surface area contributed by atoms with Crippen LogP contribution in [0.5, 0.6) is 0 Å². The van der Waals surface area contributed by atoms with Crippen molar-refractivity contribution in [2.24, 2.45) is 23.2 Å². The van der Waals surface area contributed by atoms with Gasteiger partial charge in [0, 0.05) is 27.9 Å². The number of rotatable bonds is 8. The lowest BCUT2D eigenvalue weighted by Crippen LogP contribution is -2.61. The first-order valence-electron chi connectivity index (χ1n) is 11.0. The lowest BCUT2D eigenvalue weighted by Gasteiger charge is -2.62. The molecule has 4 atom stereocenters. The molecule has 0 spiro atoms. The number of fused-ring (bicyclic) bond motifs is 3. The van der Waals surface area contributed by atoms with Crippen LogP contribution in [0.25, 0.3) is 10.1 Å². The minimum atomic E-state index is -0.735. The Morgan fingerprint density at radius 1 is 1.23 bits per heavy atom.